The van der Waals surface area contributed by atoms with Crippen molar-refractivity contribution in [3.63, 3.8) is 0 Å². The lowest BCUT2D eigenvalue weighted by Crippen LogP contribution is -2.44. The molecule has 3 aromatic heterocycles. The van der Waals surface area contributed by atoms with Crippen LogP contribution in [-0.2, 0) is 6.54 Å². The van der Waals surface area contributed by atoms with Crippen LogP contribution < -0.4 is 10.2 Å². The van der Waals surface area contributed by atoms with Gasteiger partial charge in [-0.05, 0) is 31.7 Å². The van der Waals surface area contributed by atoms with Gasteiger partial charge in [0.25, 0.3) is 5.91 Å². The molecule has 140 valence electrons. The Kier molecular flexibility index (Phi) is 5.00. The zero-order valence-corrected chi connectivity index (χ0v) is 16.3. The van der Waals surface area contributed by atoms with E-state index in [4.69, 9.17) is 0 Å². The highest BCUT2D eigenvalue weighted by atomic mass is 32.1. The lowest BCUT2D eigenvalue weighted by Gasteiger charge is -2.33. The summed E-state index contributed by atoms with van der Waals surface area (Å²) in [4.78, 5) is 32.1. The van der Waals surface area contributed by atoms with Crippen LogP contribution in [0.15, 0.2) is 30.7 Å². The topological polar surface area (TPSA) is 74.2 Å². The van der Waals surface area contributed by atoms with E-state index in [1.165, 1.54) is 11.3 Å². The van der Waals surface area contributed by atoms with E-state index in [0.29, 0.717) is 11.4 Å². The number of piperazine rings is 1. The number of thiophene rings is 1. The smallest absolute Gasteiger partial charge is 0.262 e. The van der Waals surface area contributed by atoms with E-state index >= 15 is 0 Å². The Labute approximate surface area is 162 Å². The third-order valence-electron chi connectivity index (χ3n) is 4.87. The molecule has 1 aliphatic rings. The monoisotopic (exact) mass is 382 g/mol. The minimum atomic E-state index is -0.0921. The highest BCUT2D eigenvalue weighted by Gasteiger charge is 2.23. The molecular weight excluding hydrogens is 360 g/mol. The summed E-state index contributed by atoms with van der Waals surface area (Å²) in [5.74, 6) is 0.844. The predicted octanol–water partition coefficient (Wildman–Crippen LogP) is 2.08. The highest BCUT2D eigenvalue weighted by Crippen LogP contribution is 2.35. The van der Waals surface area contributed by atoms with E-state index in [1.54, 1.807) is 12.5 Å². The molecule has 0 aromatic carbocycles. The molecule has 4 rings (SSSR count). The van der Waals surface area contributed by atoms with Gasteiger partial charge < -0.3 is 15.1 Å². The summed E-state index contributed by atoms with van der Waals surface area (Å²) in [6.45, 7) is 6.26. The molecule has 1 aliphatic heterocycles. The van der Waals surface area contributed by atoms with Crippen LogP contribution in [-0.4, -0.2) is 59.0 Å². The van der Waals surface area contributed by atoms with Gasteiger partial charge in [-0.1, -0.05) is 6.07 Å². The largest absolute Gasteiger partial charge is 0.353 e. The summed E-state index contributed by atoms with van der Waals surface area (Å²) in [5, 5.41) is 3.96. The van der Waals surface area contributed by atoms with Crippen molar-refractivity contribution < 1.29 is 4.79 Å². The molecule has 1 N–H and O–H groups in total. The maximum absolute atomic E-state index is 12.7. The van der Waals surface area contributed by atoms with Gasteiger partial charge in [-0.3, -0.25) is 9.78 Å². The lowest BCUT2D eigenvalue weighted by atomic mass is 10.1. The quantitative estimate of drug-likeness (QED) is 0.745. The number of carbonyl (C=O) groups excluding carboxylic acids is 1. The zero-order valence-electron chi connectivity index (χ0n) is 15.5. The van der Waals surface area contributed by atoms with E-state index in [2.05, 4.69) is 37.1 Å². The number of anilines is 1. The number of nitrogens with one attached hydrogen (secondary N) is 1. The van der Waals surface area contributed by atoms with Crippen LogP contribution in [0.4, 0.5) is 5.82 Å². The third-order valence-corrected chi connectivity index (χ3v) is 6.07. The van der Waals surface area contributed by atoms with Gasteiger partial charge in [0.2, 0.25) is 0 Å². The second-order valence-electron chi connectivity index (χ2n) is 6.73. The van der Waals surface area contributed by atoms with Crippen LogP contribution in [0.25, 0.3) is 10.2 Å². The van der Waals surface area contributed by atoms with E-state index in [1.807, 2.05) is 25.1 Å². The summed E-state index contributed by atoms with van der Waals surface area (Å²) in [6.07, 6.45) is 3.32. The molecule has 7 nitrogen and oxygen atoms in total. The molecule has 1 amide bonds. The number of amides is 1. The predicted molar refractivity (Wildman–Crippen MR) is 107 cm³/mol. The van der Waals surface area contributed by atoms with E-state index in [-0.39, 0.29) is 5.91 Å². The fourth-order valence-corrected chi connectivity index (χ4v) is 4.34. The van der Waals surface area contributed by atoms with E-state index in [0.717, 1.165) is 53.5 Å². The minimum Gasteiger partial charge on any atom is -0.353 e. The molecule has 0 atom stereocenters. The van der Waals surface area contributed by atoms with Gasteiger partial charge in [-0.15, -0.1) is 11.3 Å². The van der Waals surface area contributed by atoms with Gasteiger partial charge in [0, 0.05) is 32.4 Å². The third kappa shape index (κ3) is 3.63. The molecular formula is C19H22N6OS. The van der Waals surface area contributed by atoms with Gasteiger partial charge >= 0.3 is 0 Å². The first-order chi connectivity index (χ1) is 13.1. The molecule has 1 saturated heterocycles. The number of rotatable bonds is 4. The molecule has 8 heteroatoms. The van der Waals surface area contributed by atoms with Crippen molar-refractivity contribution in [3.05, 3.63) is 46.9 Å². The SMILES string of the molecule is Cc1c(C(=O)NCc2ccccn2)sc2ncnc(N3CCN(C)CC3)c12. The summed E-state index contributed by atoms with van der Waals surface area (Å²) < 4.78 is 0. The Morgan fingerprint density at radius 3 is 2.74 bits per heavy atom. The standard InChI is InChI=1S/C19H22N6OS/c1-13-15-17(25-9-7-24(2)8-10-25)22-12-23-19(15)27-16(13)18(26)21-11-14-5-3-4-6-20-14/h3-6,12H,7-11H2,1-2H3,(H,21,26). The number of hydrogen-bond donors (Lipinski definition) is 1. The van der Waals surface area contributed by atoms with Crippen molar-refractivity contribution in [1.82, 2.24) is 25.2 Å². The number of pyridine rings is 1. The Morgan fingerprint density at radius 1 is 1.19 bits per heavy atom. The Morgan fingerprint density at radius 2 is 2.00 bits per heavy atom. The lowest BCUT2D eigenvalue weighted by molar-refractivity contribution is 0.0954. The Hall–Kier alpha value is -2.58. The molecule has 4 heterocycles. The zero-order chi connectivity index (χ0) is 18.8. The van der Waals surface area contributed by atoms with Gasteiger partial charge in [0.05, 0.1) is 22.5 Å². The van der Waals surface area contributed by atoms with Crippen LogP contribution in [0.2, 0.25) is 0 Å². The molecule has 27 heavy (non-hydrogen) atoms. The van der Waals surface area contributed by atoms with Gasteiger partial charge in [0.1, 0.15) is 17.0 Å². The molecule has 0 radical (unpaired) electrons. The maximum atomic E-state index is 12.7. The number of likely N-dealkylation sites (N-methyl/N-ethyl adjacent to an activating group) is 1. The van der Waals surface area contributed by atoms with Crippen LogP contribution in [0, 0.1) is 6.92 Å². The van der Waals surface area contributed by atoms with Crippen molar-refractivity contribution in [2.75, 3.05) is 38.1 Å². The minimum absolute atomic E-state index is 0.0921. The Balaban J connectivity index is 1.60. The fourth-order valence-electron chi connectivity index (χ4n) is 3.28. The molecule has 0 aliphatic carbocycles. The molecule has 0 bridgehead atoms. The van der Waals surface area contributed by atoms with Crippen molar-refractivity contribution in [3.8, 4) is 0 Å². The van der Waals surface area contributed by atoms with E-state index < -0.39 is 0 Å². The molecule has 1 fully saturated rings. The second kappa shape index (κ2) is 7.58. The first-order valence-electron chi connectivity index (χ1n) is 8.99. The van der Waals surface area contributed by atoms with Gasteiger partial charge in [0.15, 0.2) is 0 Å². The number of fused-ring (bicyclic) bond motifs is 1. The highest BCUT2D eigenvalue weighted by molar-refractivity contribution is 7.20. The summed E-state index contributed by atoms with van der Waals surface area (Å²) >= 11 is 1.43. The maximum Gasteiger partial charge on any atom is 0.262 e. The summed E-state index contributed by atoms with van der Waals surface area (Å²) in [5.41, 5.74) is 1.78. The van der Waals surface area contributed by atoms with Crippen molar-refractivity contribution in [2.24, 2.45) is 0 Å². The molecule has 0 spiro atoms. The average molecular weight is 382 g/mol. The van der Waals surface area contributed by atoms with Crippen LogP contribution >= 0.6 is 11.3 Å². The number of nitrogens with zero attached hydrogens (tertiary/aromatic N) is 5. The van der Waals surface area contributed by atoms with Crippen LogP contribution in [0.1, 0.15) is 20.9 Å². The van der Waals surface area contributed by atoms with Crippen molar-refractivity contribution >= 4 is 33.3 Å². The van der Waals surface area contributed by atoms with Gasteiger partial charge in [-0.2, -0.15) is 0 Å². The molecule has 0 saturated carbocycles. The number of aromatic nitrogens is 3. The van der Waals surface area contributed by atoms with Crippen molar-refractivity contribution in [1.29, 1.82) is 0 Å². The van der Waals surface area contributed by atoms with Gasteiger partial charge in [-0.25, -0.2) is 9.97 Å². The first kappa shape index (κ1) is 17.8. The Bertz CT molecular complexity index is 949. The number of carbonyl (C=O) groups is 1. The second-order valence-corrected chi connectivity index (χ2v) is 7.73. The molecule has 3 aromatic rings. The normalized spacial score (nSPS) is 15.3. The summed E-state index contributed by atoms with van der Waals surface area (Å²) in [6, 6.07) is 5.67. The number of aryl methyl sites for hydroxylation is 1. The van der Waals surface area contributed by atoms with Crippen molar-refractivity contribution in [2.45, 2.75) is 13.5 Å². The van der Waals surface area contributed by atoms with Crippen LogP contribution in [0.3, 0.4) is 0 Å². The molecule has 0 unspecified atom stereocenters. The number of hydrogen-bond acceptors (Lipinski definition) is 7. The van der Waals surface area contributed by atoms with E-state index in [9.17, 15) is 4.79 Å². The summed E-state index contributed by atoms with van der Waals surface area (Å²) in [7, 11) is 2.13. The van der Waals surface area contributed by atoms with Crippen LogP contribution in [0.5, 0.6) is 0 Å². The average Bonchev–Trinajstić information content (AvgIpc) is 3.04. The first-order valence-corrected chi connectivity index (χ1v) is 9.81. The fraction of sp³-hybridized carbons (Fsp3) is 0.368.